The Hall–Kier alpha value is -0.810. The van der Waals surface area contributed by atoms with E-state index >= 15 is 0 Å². The smallest absolute Gasteiger partial charge is 0.315 e. The number of urea groups is 1. The van der Waals surface area contributed by atoms with Gasteiger partial charge in [0.15, 0.2) is 0 Å². The average Bonchev–Trinajstić information content (AvgIpc) is 2.17. The SMILES string of the molecule is COCCNCCNC(=O)NC1CCC1. The quantitative estimate of drug-likeness (QED) is 0.527. The zero-order chi connectivity index (χ0) is 10.9. The van der Waals surface area contributed by atoms with Crippen LogP contribution in [0.4, 0.5) is 4.79 Å². The molecule has 0 radical (unpaired) electrons. The van der Waals surface area contributed by atoms with Crippen LogP contribution in [0.15, 0.2) is 0 Å². The lowest BCUT2D eigenvalue weighted by Crippen LogP contribution is -2.46. The first-order valence-corrected chi connectivity index (χ1v) is 5.57. The maximum Gasteiger partial charge on any atom is 0.315 e. The summed E-state index contributed by atoms with van der Waals surface area (Å²) in [7, 11) is 1.67. The Labute approximate surface area is 90.9 Å². The van der Waals surface area contributed by atoms with Crippen molar-refractivity contribution in [2.24, 2.45) is 0 Å². The van der Waals surface area contributed by atoms with E-state index in [9.17, 15) is 4.79 Å². The van der Waals surface area contributed by atoms with Crippen LogP contribution in [0.1, 0.15) is 19.3 Å². The van der Waals surface area contributed by atoms with Gasteiger partial charge in [-0.3, -0.25) is 0 Å². The Morgan fingerprint density at radius 2 is 2.13 bits per heavy atom. The highest BCUT2D eigenvalue weighted by Crippen LogP contribution is 2.17. The van der Waals surface area contributed by atoms with E-state index in [0.29, 0.717) is 19.2 Å². The number of rotatable bonds is 7. The zero-order valence-corrected chi connectivity index (χ0v) is 9.34. The van der Waals surface area contributed by atoms with Crippen molar-refractivity contribution in [3.8, 4) is 0 Å². The summed E-state index contributed by atoms with van der Waals surface area (Å²) in [6, 6.07) is 0.361. The van der Waals surface area contributed by atoms with Crippen LogP contribution in [0.3, 0.4) is 0 Å². The lowest BCUT2D eigenvalue weighted by molar-refractivity contribution is 0.199. The van der Waals surface area contributed by atoms with Crippen LogP contribution in [0, 0.1) is 0 Å². The van der Waals surface area contributed by atoms with Gasteiger partial charge >= 0.3 is 6.03 Å². The van der Waals surface area contributed by atoms with E-state index in [1.807, 2.05) is 0 Å². The van der Waals surface area contributed by atoms with Gasteiger partial charge in [0.25, 0.3) is 0 Å². The lowest BCUT2D eigenvalue weighted by atomic mass is 9.93. The van der Waals surface area contributed by atoms with E-state index in [2.05, 4.69) is 16.0 Å². The zero-order valence-electron chi connectivity index (χ0n) is 9.34. The normalized spacial score (nSPS) is 15.8. The summed E-state index contributed by atoms with van der Waals surface area (Å²) in [6.07, 6.45) is 3.49. The van der Waals surface area contributed by atoms with Gasteiger partial charge in [0.05, 0.1) is 6.61 Å². The van der Waals surface area contributed by atoms with Crippen molar-refractivity contribution < 1.29 is 9.53 Å². The van der Waals surface area contributed by atoms with Gasteiger partial charge in [0.2, 0.25) is 0 Å². The molecule has 3 N–H and O–H groups in total. The molecule has 0 aromatic heterocycles. The molecule has 0 unspecified atom stereocenters. The third kappa shape index (κ3) is 5.59. The van der Waals surface area contributed by atoms with Gasteiger partial charge in [0, 0.05) is 32.8 Å². The van der Waals surface area contributed by atoms with E-state index in [4.69, 9.17) is 4.74 Å². The molecular weight excluding hydrogens is 194 g/mol. The van der Waals surface area contributed by atoms with Crippen LogP contribution in [0.5, 0.6) is 0 Å². The van der Waals surface area contributed by atoms with E-state index < -0.39 is 0 Å². The number of nitrogens with one attached hydrogen (secondary N) is 3. The Bertz CT molecular complexity index is 184. The molecule has 0 saturated heterocycles. The molecule has 0 atom stereocenters. The predicted molar refractivity (Wildman–Crippen MR) is 58.9 cm³/mol. The Morgan fingerprint density at radius 1 is 1.33 bits per heavy atom. The molecule has 0 aliphatic heterocycles. The molecule has 5 heteroatoms. The third-order valence-electron chi connectivity index (χ3n) is 2.51. The highest BCUT2D eigenvalue weighted by Gasteiger charge is 2.18. The maximum atomic E-state index is 11.3. The third-order valence-corrected chi connectivity index (χ3v) is 2.51. The maximum absolute atomic E-state index is 11.3. The number of methoxy groups -OCH3 is 1. The number of hydrogen-bond donors (Lipinski definition) is 3. The van der Waals surface area contributed by atoms with E-state index in [1.165, 1.54) is 6.42 Å². The van der Waals surface area contributed by atoms with Crippen molar-refractivity contribution in [1.29, 1.82) is 0 Å². The highest BCUT2D eigenvalue weighted by molar-refractivity contribution is 5.74. The number of hydrogen-bond acceptors (Lipinski definition) is 3. The largest absolute Gasteiger partial charge is 0.383 e. The standard InChI is InChI=1S/C10H21N3O2/c1-15-8-7-11-5-6-12-10(14)13-9-3-2-4-9/h9,11H,2-8H2,1H3,(H2,12,13,14). The monoisotopic (exact) mass is 215 g/mol. The molecule has 15 heavy (non-hydrogen) atoms. The van der Waals surface area contributed by atoms with Crippen LogP contribution in [-0.2, 0) is 4.74 Å². The molecule has 1 rings (SSSR count). The minimum Gasteiger partial charge on any atom is -0.383 e. The summed E-state index contributed by atoms with van der Waals surface area (Å²) in [5.74, 6) is 0. The van der Waals surface area contributed by atoms with Gasteiger partial charge in [-0.05, 0) is 19.3 Å². The van der Waals surface area contributed by atoms with Gasteiger partial charge in [-0.1, -0.05) is 0 Å². The van der Waals surface area contributed by atoms with Crippen LogP contribution >= 0.6 is 0 Å². The molecule has 0 bridgehead atoms. The Kier molecular flexibility index (Phi) is 6.11. The van der Waals surface area contributed by atoms with Gasteiger partial charge in [-0.15, -0.1) is 0 Å². The predicted octanol–water partition coefficient (Wildman–Crippen LogP) is 0.0741. The fraction of sp³-hybridized carbons (Fsp3) is 0.900. The van der Waals surface area contributed by atoms with Crippen molar-refractivity contribution in [2.75, 3.05) is 33.4 Å². The van der Waals surface area contributed by atoms with Crippen LogP contribution in [0.2, 0.25) is 0 Å². The van der Waals surface area contributed by atoms with E-state index in [0.717, 1.165) is 25.9 Å². The second kappa shape index (κ2) is 7.48. The Balaban J connectivity index is 1.83. The summed E-state index contributed by atoms with van der Waals surface area (Å²) >= 11 is 0. The lowest BCUT2D eigenvalue weighted by Gasteiger charge is -2.26. The van der Waals surface area contributed by atoms with Crippen LogP contribution < -0.4 is 16.0 Å². The molecule has 0 aromatic carbocycles. The van der Waals surface area contributed by atoms with Crippen molar-refractivity contribution in [3.63, 3.8) is 0 Å². The molecule has 1 aliphatic carbocycles. The number of amides is 2. The minimum atomic E-state index is -0.0479. The van der Waals surface area contributed by atoms with Crippen molar-refractivity contribution >= 4 is 6.03 Å². The molecule has 0 aromatic rings. The number of ether oxygens (including phenoxy) is 1. The summed E-state index contributed by atoms with van der Waals surface area (Å²) in [6.45, 7) is 2.96. The molecule has 5 nitrogen and oxygen atoms in total. The summed E-state index contributed by atoms with van der Waals surface area (Å²) < 4.78 is 4.88. The summed E-state index contributed by atoms with van der Waals surface area (Å²) in [4.78, 5) is 11.3. The van der Waals surface area contributed by atoms with Crippen molar-refractivity contribution in [2.45, 2.75) is 25.3 Å². The van der Waals surface area contributed by atoms with E-state index in [-0.39, 0.29) is 6.03 Å². The van der Waals surface area contributed by atoms with Gasteiger partial charge in [-0.25, -0.2) is 4.79 Å². The fourth-order valence-corrected chi connectivity index (χ4v) is 1.35. The second-order valence-electron chi connectivity index (χ2n) is 3.77. The van der Waals surface area contributed by atoms with Crippen molar-refractivity contribution in [1.82, 2.24) is 16.0 Å². The first-order valence-electron chi connectivity index (χ1n) is 5.57. The summed E-state index contributed by atoms with van der Waals surface area (Å²) in [5.41, 5.74) is 0. The first-order chi connectivity index (χ1) is 7.33. The molecule has 1 fully saturated rings. The Morgan fingerprint density at radius 3 is 2.73 bits per heavy atom. The molecule has 0 spiro atoms. The first kappa shape index (κ1) is 12.3. The minimum absolute atomic E-state index is 0.0479. The van der Waals surface area contributed by atoms with Gasteiger partial charge in [0.1, 0.15) is 0 Å². The van der Waals surface area contributed by atoms with E-state index in [1.54, 1.807) is 7.11 Å². The van der Waals surface area contributed by atoms with Gasteiger partial charge in [-0.2, -0.15) is 0 Å². The average molecular weight is 215 g/mol. The molecule has 0 heterocycles. The highest BCUT2D eigenvalue weighted by atomic mass is 16.5. The molecule has 2 amide bonds. The number of carbonyl (C=O) groups is 1. The van der Waals surface area contributed by atoms with Crippen LogP contribution in [0.25, 0.3) is 0 Å². The second-order valence-corrected chi connectivity index (χ2v) is 3.77. The topological polar surface area (TPSA) is 62.4 Å². The number of carbonyl (C=O) groups excluding carboxylic acids is 1. The molecule has 1 aliphatic rings. The van der Waals surface area contributed by atoms with Crippen molar-refractivity contribution in [3.05, 3.63) is 0 Å². The van der Waals surface area contributed by atoms with Gasteiger partial charge < -0.3 is 20.7 Å². The molecule has 1 saturated carbocycles. The molecular formula is C10H21N3O2. The van der Waals surface area contributed by atoms with Crippen LogP contribution in [-0.4, -0.2) is 45.4 Å². The summed E-state index contributed by atoms with van der Waals surface area (Å²) in [5, 5.41) is 8.88. The molecule has 88 valence electrons. The fourth-order valence-electron chi connectivity index (χ4n) is 1.35.